The van der Waals surface area contributed by atoms with Crippen molar-refractivity contribution >= 4 is 24.8 Å². The Morgan fingerprint density at radius 1 is 0.938 bits per heavy atom. The van der Waals surface area contributed by atoms with E-state index in [-0.39, 0.29) is 24.8 Å². The van der Waals surface area contributed by atoms with Crippen molar-refractivity contribution in [2.24, 2.45) is 11.7 Å². The highest BCUT2D eigenvalue weighted by Crippen LogP contribution is 2.26. The van der Waals surface area contributed by atoms with Crippen LogP contribution in [0.2, 0.25) is 0 Å². The molecule has 0 spiro atoms. The van der Waals surface area contributed by atoms with Gasteiger partial charge < -0.3 is 10.6 Å². The first kappa shape index (κ1) is 16.5. The van der Waals surface area contributed by atoms with Crippen LogP contribution in [0.25, 0.3) is 0 Å². The van der Waals surface area contributed by atoms with Gasteiger partial charge in [0.15, 0.2) is 0 Å². The molecule has 2 fully saturated rings. The number of nitrogens with zero attached hydrogens (tertiary/aromatic N) is 1. The van der Waals surface area contributed by atoms with Crippen molar-refractivity contribution in [3.8, 4) is 0 Å². The molecule has 1 atom stereocenters. The van der Waals surface area contributed by atoms with Gasteiger partial charge in [-0.2, -0.15) is 0 Å². The van der Waals surface area contributed by atoms with E-state index in [1.54, 1.807) is 0 Å². The summed E-state index contributed by atoms with van der Waals surface area (Å²) in [6, 6.07) is 0.452. The Morgan fingerprint density at radius 2 is 1.50 bits per heavy atom. The molecule has 0 aromatic rings. The third-order valence-electron chi connectivity index (χ3n) is 3.92. The van der Waals surface area contributed by atoms with Gasteiger partial charge in [0.2, 0.25) is 0 Å². The molecule has 0 aromatic carbocycles. The van der Waals surface area contributed by atoms with Crippen molar-refractivity contribution in [3.63, 3.8) is 0 Å². The first-order valence-corrected chi connectivity index (χ1v) is 6.34. The van der Waals surface area contributed by atoms with Gasteiger partial charge in [0.05, 0.1) is 0 Å². The van der Waals surface area contributed by atoms with E-state index in [4.69, 9.17) is 5.73 Å². The summed E-state index contributed by atoms with van der Waals surface area (Å²) in [5.74, 6) is 0.823. The number of hydrogen-bond acceptors (Lipinski definition) is 2. The average Bonchev–Trinajstić information content (AvgIpc) is 2.72. The number of hydrogen-bond donors (Lipinski definition) is 1. The van der Waals surface area contributed by atoms with Crippen LogP contribution in [0, 0.1) is 5.92 Å². The Bertz CT molecular complexity index is 166. The zero-order valence-corrected chi connectivity index (χ0v) is 11.7. The smallest absolute Gasteiger partial charge is 0.0196 e. The van der Waals surface area contributed by atoms with Crippen LogP contribution in [0.4, 0.5) is 0 Å². The maximum Gasteiger partial charge on any atom is 0.0196 e. The van der Waals surface area contributed by atoms with Crippen LogP contribution in [0.15, 0.2) is 0 Å². The minimum Gasteiger partial charge on any atom is -0.326 e. The molecule has 2 rings (SSSR count). The first-order chi connectivity index (χ1) is 6.86. The highest BCUT2D eigenvalue weighted by atomic mass is 35.5. The van der Waals surface area contributed by atoms with Crippen LogP contribution in [-0.4, -0.2) is 30.6 Å². The second-order valence-electron chi connectivity index (χ2n) is 5.07. The maximum atomic E-state index is 6.29. The van der Waals surface area contributed by atoms with Crippen LogP contribution >= 0.6 is 24.8 Å². The van der Waals surface area contributed by atoms with Crippen molar-refractivity contribution in [2.75, 3.05) is 19.6 Å². The second-order valence-corrected chi connectivity index (χ2v) is 5.07. The average molecular weight is 269 g/mol. The molecule has 2 N–H and O–H groups in total. The summed E-state index contributed by atoms with van der Waals surface area (Å²) in [6.45, 7) is 3.74. The summed E-state index contributed by atoms with van der Waals surface area (Å²) in [5, 5.41) is 0. The summed E-state index contributed by atoms with van der Waals surface area (Å²) >= 11 is 0. The van der Waals surface area contributed by atoms with Gasteiger partial charge in [0, 0.05) is 12.6 Å². The van der Waals surface area contributed by atoms with Gasteiger partial charge in [0.1, 0.15) is 0 Å². The van der Waals surface area contributed by atoms with E-state index in [0.717, 1.165) is 12.5 Å². The lowest BCUT2D eigenvalue weighted by Crippen LogP contribution is -2.41. The molecule has 1 heterocycles. The molecule has 1 saturated carbocycles. The molecule has 0 radical (unpaired) electrons. The van der Waals surface area contributed by atoms with Crippen LogP contribution in [0.1, 0.15) is 44.9 Å². The van der Waals surface area contributed by atoms with E-state index < -0.39 is 0 Å². The third-order valence-corrected chi connectivity index (χ3v) is 3.92. The van der Waals surface area contributed by atoms with E-state index in [1.807, 2.05) is 0 Å². The fourth-order valence-electron chi connectivity index (χ4n) is 2.97. The molecule has 1 saturated heterocycles. The first-order valence-electron chi connectivity index (χ1n) is 6.34. The van der Waals surface area contributed by atoms with E-state index in [2.05, 4.69) is 4.90 Å². The minimum absolute atomic E-state index is 0. The molecule has 16 heavy (non-hydrogen) atoms. The molecule has 0 unspecified atom stereocenters. The molecule has 0 amide bonds. The van der Waals surface area contributed by atoms with Crippen molar-refractivity contribution in [1.29, 1.82) is 0 Å². The summed E-state index contributed by atoms with van der Waals surface area (Å²) in [5.41, 5.74) is 6.29. The molecule has 98 valence electrons. The number of likely N-dealkylation sites (tertiary alicyclic amines) is 1. The van der Waals surface area contributed by atoms with Gasteiger partial charge in [0.25, 0.3) is 0 Å². The molecule has 1 aliphatic heterocycles. The van der Waals surface area contributed by atoms with Crippen LogP contribution in [-0.2, 0) is 0 Å². The summed E-state index contributed by atoms with van der Waals surface area (Å²) in [7, 11) is 0. The maximum absolute atomic E-state index is 6.29. The zero-order chi connectivity index (χ0) is 9.80. The Kier molecular flexibility index (Phi) is 8.84. The minimum atomic E-state index is 0. The molecule has 2 aliphatic rings. The monoisotopic (exact) mass is 268 g/mol. The van der Waals surface area contributed by atoms with Crippen molar-refractivity contribution in [2.45, 2.75) is 51.0 Å². The van der Waals surface area contributed by atoms with E-state index >= 15 is 0 Å². The SMILES string of the molecule is Cl.Cl.N[C@H](CN1CCCC1)C1CCCCC1. The Hall–Kier alpha value is 0.500. The largest absolute Gasteiger partial charge is 0.326 e. The van der Waals surface area contributed by atoms with E-state index in [9.17, 15) is 0 Å². The van der Waals surface area contributed by atoms with Crippen molar-refractivity contribution in [1.82, 2.24) is 4.90 Å². The lowest BCUT2D eigenvalue weighted by Gasteiger charge is -2.30. The molecule has 2 nitrogen and oxygen atoms in total. The van der Waals surface area contributed by atoms with Gasteiger partial charge in [-0.05, 0) is 44.7 Å². The van der Waals surface area contributed by atoms with Crippen LogP contribution in [0.3, 0.4) is 0 Å². The normalized spacial score (nSPS) is 24.6. The van der Waals surface area contributed by atoms with Crippen molar-refractivity contribution in [3.05, 3.63) is 0 Å². The molecule has 1 aliphatic carbocycles. The highest BCUT2D eigenvalue weighted by molar-refractivity contribution is 5.85. The van der Waals surface area contributed by atoms with Gasteiger partial charge in [-0.15, -0.1) is 24.8 Å². The Morgan fingerprint density at radius 3 is 2.06 bits per heavy atom. The number of rotatable bonds is 3. The second kappa shape index (κ2) is 8.57. The predicted octanol–water partition coefficient (Wildman–Crippen LogP) is 2.83. The highest BCUT2D eigenvalue weighted by Gasteiger charge is 2.23. The lowest BCUT2D eigenvalue weighted by molar-refractivity contribution is 0.233. The molecular weight excluding hydrogens is 243 g/mol. The fourth-order valence-corrected chi connectivity index (χ4v) is 2.97. The summed E-state index contributed by atoms with van der Waals surface area (Å²) in [4.78, 5) is 2.55. The standard InChI is InChI=1S/C12H24N2.2ClH/c13-12(10-14-8-4-5-9-14)11-6-2-1-3-7-11;;/h11-12H,1-10,13H2;2*1H/t12-;;/m1../s1. The third kappa shape index (κ3) is 4.79. The summed E-state index contributed by atoms with van der Waals surface area (Å²) < 4.78 is 0. The fraction of sp³-hybridized carbons (Fsp3) is 1.00. The van der Waals surface area contributed by atoms with Crippen molar-refractivity contribution < 1.29 is 0 Å². The molecule has 0 aromatic heterocycles. The Balaban J connectivity index is 0.00000112. The van der Waals surface area contributed by atoms with Crippen LogP contribution < -0.4 is 5.73 Å². The number of halogens is 2. The van der Waals surface area contributed by atoms with Gasteiger partial charge in [-0.1, -0.05) is 19.3 Å². The molecule has 0 bridgehead atoms. The molecule has 4 heteroatoms. The quantitative estimate of drug-likeness (QED) is 0.853. The topological polar surface area (TPSA) is 29.3 Å². The lowest BCUT2D eigenvalue weighted by atomic mass is 9.84. The van der Waals surface area contributed by atoms with E-state index in [1.165, 1.54) is 58.0 Å². The van der Waals surface area contributed by atoms with Gasteiger partial charge >= 0.3 is 0 Å². The van der Waals surface area contributed by atoms with E-state index in [0.29, 0.717) is 6.04 Å². The zero-order valence-electron chi connectivity index (χ0n) is 10.1. The number of nitrogens with two attached hydrogens (primary N) is 1. The predicted molar refractivity (Wildman–Crippen MR) is 74.7 cm³/mol. The Labute approximate surface area is 112 Å². The molecular formula is C12H26Cl2N2. The van der Waals surface area contributed by atoms with Crippen LogP contribution in [0.5, 0.6) is 0 Å². The van der Waals surface area contributed by atoms with Gasteiger partial charge in [-0.3, -0.25) is 0 Å². The van der Waals surface area contributed by atoms with Gasteiger partial charge in [-0.25, -0.2) is 0 Å². The summed E-state index contributed by atoms with van der Waals surface area (Å²) in [6.07, 6.45) is 9.81.